The van der Waals surface area contributed by atoms with Crippen molar-refractivity contribution in [3.63, 3.8) is 0 Å². The van der Waals surface area contributed by atoms with Crippen molar-refractivity contribution in [3.05, 3.63) is 122 Å². The molecule has 0 N–H and O–H groups in total. The van der Waals surface area contributed by atoms with Crippen LogP contribution in [-0.2, 0) is 28.6 Å². The van der Waals surface area contributed by atoms with E-state index in [0.29, 0.717) is 19.3 Å². The van der Waals surface area contributed by atoms with Gasteiger partial charge in [0.15, 0.2) is 6.10 Å². The van der Waals surface area contributed by atoms with Crippen LogP contribution in [0.2, 0.25) is 0 Å². The number of unbranched alkanes of at least 4 members (excludes halogenated alkanes) is 32. The van der Waals surface area contributed by atoms with Crippen LogP contribution < -0.4 is 0 Å². The molecule has 0 aromatic heterocycles. The Balaban J connectivity index is 4.45. The molecule has 0 aliphatic heterocycles. The summed E-state index contributed by atoms with van der Waals surface area (Å²) in [6.45, 7) is 6.51. The van der Waals surface area contributed by atoms with E-state index in [0.717, 1.165) is 135 Å². The average Bonchev–Trinajstić information content (AvgIpc) is 3.49. The maximum absolute atomic E-state index is 13.0. The Kier molecular flexibility index (Phi) is 66.7. The van der Waals surface area contributed by atoms with Gasteiger partial charge in [-0.05, 0) is 135 Å². The largest absolute Gasteiger partial charge is 0.462 e. The number of rotatable bonds is 63. The molecule has 0 rings (SSSR count). The first-order valence-electron chi connectivity index (χ1n) is 35.0. The van der Waals surface area contributed by atoms with Gasteiger partial charge in [-0.3, -0.25) is 14.4 Å². The van der Waals surface area contributed by atoms with E-state index in [1.165, 1.54) is 154 Å². The second-order valence-electron chi connectivity index (χ2n) is 23.1. The summed E-state index contributed by atoms with van der Waals surface area (Å²) >= 11 is 0. The maximum atomic E-state index is 13.0. The predicted octanol–water partition coefficient (Wildman–Crippen LogP) is 24.3. The molecule has 0 fully saturated rings. The van der Waals surface area contributed by atoms with Crippen LogP contribution in [0.3, 0.4) is 0 Å². The minimum Gasteiger partial charge on any atom is -0.462 e. The third-order valence-electron chi connectivity index (χ3n) is 14.9. The van der Waals surface area contributed by atoms with Crippen molar-refractivity contribution in [3.8, 4) is 0 Å². The zero-order valence-electron chi connectivity index (χ0n) is 54.4. The van der Waals surface area contributed by atoms with Gasteiger partial charge in [-0.15, -0.1) is 0 Å². The fourth-order valence-electron chi connectivity index (χ4n) is 9.68. The van der Waals surface area contributed by atoms with Crippen LogP contribution in [0.25, 0.3) is 0 Å². The van der Waals surface area contributed by atoms with E-state index >= 15 is 0 Å². The maximum Gasteiger partial charge on any atom is 0.306 e. The number of carbonyl (C=O) groups is 3. The molecule has 0 aliphatic carbocycles. The number of ether oxygens (including phenoxy) is 3. The second kappa shape index (κ2) is 70.3. The van der Waals surface area contributed by atoms with Crippen molar-refractivity contribution in [2.24, 2.45) is 0 Å². The summed E-state index contributed by atoms with van der Waals surface area (Å²) in [5.41, 5.74) is 0. The number of hydrogen-bond donors (Lipinski definition) is 0. The summed E-state index contributed by atoms with van der Waals surface area (Å²) in [6.07, 6.45) is 97.8. The number of esters is 3. The lowest BCUT2D eigenvalue weighted by molar-refractivity contribution is -0.167. The van der Waals surface area contributed by atoms with Gasteiger partial charge < -0.3 is 14.2 Å². The second-order valence-corrected chi connectivity index (χ2v) is 23.1. The van der Waals surface area contributed by atoms with E-state index in [1.54, 1.807) is 0 Å². The van der Waals surface area contributed by atoms with Crippen molar-refractivity contribution in [1.82, 2.24) is 0 Å². The summed E-state index contributed by atoms with van der Waals surface area (Å²) in [5, 5.41) is 0. The predicted molar refractivity (Wildman–Crippen MR) is 362 cm³/mol. The third-order valence-corrected chi connectivity index (χ3v) is 14.9. The molecule has 6 heteroatoms. The van der Waals surface area contributed by atoms with E-state index in [4.69, 9.17) is 14.2 Å². The molecule has 474 valence electrons. The van der Waals surface area contributed by atoms with Crippen LogP contribution in [0.1, 0.15) is 329 Å². The van der Waals surface area contributed by atoms with Gasteiger partial charge in [0.1, 0.15) is 13.2 Å². The van der Waals surface area contributed by atoms with Crippen LogP contribution in [0.4, 0.5) is 0 Å². The Morgan fingerprint density at radius 1 is 0.253 bits per heavy atom. The first-order valence-corrected chi connectivity index (χ1v) is 35.0. The highest BCUT2D eigenvalue weighted by Crippen LogP contribution is 2.16. The Labute approximate surface area is 513 Å². The van der Waals surface area contributed by atoms with Crippen LogP contribution >= 0.6 is 0 Å². The fraction of sp³-hybridized carbons (Fsp3) is 0.701. The van der Waals surface area contributed by atoms with Gasteiger partial charge in [-0.2, -0.15) is 0 Å². The van der Waals surface area contributed by atoms with Gasteiger partial charge in [-0.25, -0.2) is 0 Å². The van der Waals surface area contributed by atoms with Crippen LogP contribution in [0.15, 0.2) is 122 Å². The number of allylic oxidation sites excluding steroid dienone is 20. The molecule has 0 spiro atoms. The summed E-state index contributed by atoms with van der Waals surface area (Å²) in [6, 6.07) is 0. The highest BCUT2D eigenvalue weighted by atomic mass is 16.6. The lowest BCUT2D eigenvalue weighted by Crippen LogP contribution is -2.30. The zero-order chi connectivity index (χ0) is 59.9. The summed E-state index contributed by atoms with van der Waals surface area (Å²) in [5.74, 6) is -0.913. The first kappa shape index (κ1) is 78.8. The van der Waals surface area contributed by atoms with Crippen molar-refractivity contribution in [2.45, 2.75) is 335 Å². The Hall–Kier alpha value is -4.19. The molecule has 83 heavy (non-hydrogen) atoms. The Morgan fingerprint density at radius 2 is 0.470 bits per heavy atom. The first-order chi connectivity index (χ1) is 41.0. The smallest absolute Gasteiger partial charge is 0.306 e. The quantitative estimate of drug-likeness (QED) is 0.0261. The zero-order valence-corrected chi connectivity index (χ0v) is 54.4. The molecule has 1 atom stereocenters. The molecule has 0 saturated carbocycles. The highest BCUT2D eigenvalue weighted by Gasteiger charge is 2.19. The Morgan fingerprint density at radius 3 is 0.735 bits per heavy atom. The van der Waals surface area contributed by atoms with Gasteiger partial charge in [0, 0.05) is 19.3 Å². The van der Waals surface area contributed by atoms with E-state index in [1.807, 2.05) is 0 Å². The van der Waals surface area contributed by atoms with E-state index < -0.39 is 6.10 Å². The standard InChI is InChI=1S/C77H130O6/c1-4-7-10-13-16-19-22-25-28-31-34-37-38-41-43-46-49-52-55-58-61-64-67-70-76(79)82-73-74(83-77(80)71-68-65-62-59-56-53-50-47-44-40-36-33-30-27-24-21-18-15-12-9-6-3)72-81-75(78)69-66-63-60-57-54-51-48-45-42-39-35-32-29-26-23-20-17-14-11-8-5-2/h9,12,18,21-23,25-27,30-32,34-36,38,40-41,47,50,74H,4-8,10-11,13-17,19-20,24,28-29,33,37,39,42-46,48-49,51-73H2,1-3H3/b12-9-,21-18-,25-22-,26-23-,30-27-,34-31-,35-32-,40-36-,41-38-,50-47-. The molecule has 0 amide bonds. The Bertz CT molecular complexity index is 1700. The van der Waals surface area contributed by atoms with Gasteiger partial charge in [0.05, 0.1) is 0 Å². The molecule has 0 bridgehead atoms. The topological polar surface area (TPSA) is 78.9 Å². The molecular formula is C77H130O6. The average molecular weight is 1150 g/mol. The SMILES string of the molecule is CC/C=C\C/C=C\C/C=C\C/C=C\C/C=C\CCCCCCCC(=O)OC(COC(=O)CCCCCCCCCC/C=C\C/C=C\C/C=C\CCCCCCC)COC(=O)CCCCCCCCCCC/C=C\C/C=C\CCCCCCC. The summed E-state index contributed by atoms with van der Waals surface area (Å²) < 4.78 is 17.0. The molecular weight excluding hydrogens is 1020 g/mol. The molecule has 0 radical (unpaired) electrons. The monoisotopic (exact) mass is 1150 g/mol. The molecule has 1 unspecified atom stereocenters. The molecule has 0 aromatic carbocycles. The summed E-state index contributed by atoms with van der Waals surface area (Å²) in [7, 11) is 0. The van der Waals surface area contributed by atoms with Crippen LogP contribution in [0, 0.1) is 0 Å². The van der Waals surface area contributed by atoms with Crippen molar-refractivity contribution < 1.29 is 28.6 Å². The van der Waals surface area contributed by atoms with Crippen LogP contribution in [-0.4, -0.2) is 37.2 Å². The molecule has 6 nitrogen and oxygen atoms in total. The van der Waals surface area contributed by atoms with E-state index in [-0.39, 0.29) is 31.1 Å². The molecule has 0 aromatic rings. The van der Waals surface area contributed by atoms with Gasteiger partial charge in [0.25, 0.3) is 0 Å². The minimum atomic E-state index is -0.800. The van der Waals surface area contributed by atoms with E-state index in [9.17, 15) is 14.4 Å². The van der Waals surface area contributed by atoms with Gasteiger partial charge >= 0.3 is 17.9 Å². The van der Waals surface area contributed by atoms with E-state index in [2.05, 4.69) is 142 Å². The number of hydrogen-bond acceptors (Lipinski definition) is 6. The highest BCUT2D eigenvalue weighted by molar-refractivity contribution is 5.71. The van der Waals surface area contributed by atoms with Crippen molar-refractivity contribution >= 4 is 17.9 Å². The number of carbonyl (C=O) groups excluding carboxylic acids is 3. The third kappa shape index (κ3) is 68.5. The normalized spacial score (nSPS) is 12.9. The van der Waals surface area contributed by atoms with Crippen LogP contribution in [0.5, 0.6) is 0 Å². The molecule has 0 heterocycles. The molecule has 0 aliphatic rings. The summed E-state index contributed by atoms with van der Waals surface area (Å²) in [4.78, 5) is 38.5. The fourth-order valence-corrected chi connectivity index (χ4v) is 9.68. The lowest BCUT2D eigenvalue weighted by Gasteiger charge is -2.18. The lowest BCUT2D eigenvalue weighted by atomic mass is 10.1. The molecule has 0 saturated heterocycles. The van der Waals surface area contributed by atoms with Crippen molar-refractivity contribution in [1.29, 1.82) is 0 Å². The van der Waals surface area contributed by atoms with Gasteiger partial charge in [0.2, 0.25) is 0 Å². The van der Waals surface area contributed by atoms with Gasteiger partial charge in [-0.1, -0.05) is 296 Å². The van der Waals surface area contributed by atoms with Crippen molar-refractivity contribution in [2.75, 3.05) is 13.2 Å². The minimum absolute atomic E-state index is 0.0924.